The van der Waals surface area contributed by atoms with E-state index in [4.69, 9.17) is 11.6 Å². The van der Waals surface area contributed by atoms with Crippen LogP contribution in [0.1, 0.15) is 36.2 Å². The van der Waals surface area contributed by atoms with Gasteiger partial charge in [-0.05, 0) is 91.2 Å². The maximum atomic E-state index is 13.4. The van der Waals surface area contributed by atoms with Gasteiger partial charge in [0.15, 0.2) is 0 Å². The molecule has 0 aromatic heterocycles. The summed E-state index contributed by atoms with van der Waals surface area (Å²) < 4.78 is 28.9. The van der Waals surface area contributed by atoms with E-state index < -0.39 is 37.5 Å². The molecule has 0 unspecified atom stereocenters. The third kappa shape index (κ3) is 11.4. The minimum absolute atomic E-state index is 0.0414. The van der Waals surface area contributed by atoms with Gasteiger partial charge in [-0.25, -0.2) is 13.1 Å². The Kier molecular flexibility index (Phi) is 14.3. The van der Waals surface area contributed by atoms with Gasteiger partial charge in [0.05, 0.1) is 9.82 Å². The second kappa shape index (κ2) is 19.6. The number of halogens is 1. The Morgan fingerprint density at radius 3 is 2.20 bits per heavy atom. The third-order valence-corrected chi connectivity index (χ3v) is 13.0. The van der Waals surface area contributed by atoms with Gasteiger partial charge in [0.25, 0.3) is 21.6 Å². The average molecular weight is 855 g/mol. The summed E-state index contributed by atoms with van der Waals surface area (Å²) in [4.78, 5) is 44.6. The van der Waals surface area contributed by atoms with Crippen molar-refractivity contribution in [2.75, 3.05) is 49.2 Å². The number of carbonyl (C=O) groups excluding carboxylic acids is 2. The Bertz CT molecular complexity index is 2360. The summed E-state index contributed by atoms with van der Waals surface area (Å²) in [6.07, 6.45) is 0.0532. The number of nitro benzene ring substituents is 1. The number of nitrogens with zero attached hydrogens (tertiary/aromatic N) is 4. The molecular formula is C44H47ClN6O6S2. The highest BCUT2D eigenvalue weighted by atomic mass is 35.5. The van der Waals surface area contributed by atoms with E-state index in [-0.39, 0.29) is 29.6 Å². The van der Waals surface area contributed by atoms with Gasteiger partial charge in [0.2, 0.25) is 5.91 Å². The van der Waals surface area contributed by atoms with Crippen LogP contribution in [0.4, 0.5) is 17.1 Å². The summed E-state index contributed by atoms with van der Waals surface area (Å²) in [5.41, 5.74) is 4.10. The van der Waals surface area contributed by atoms with Crippen LogP contribution in [0.25, 0.3) is 11.1 Å². The highest BCUT2D eigenvalue weighted by Crippen LogP contribution is 2.31. The Hall–Kier alpha value is -5.41. The Morgan fingerprint density at radius 1 is 0.881 bits per heavy atom. The second-order valence-corrected chi connectivity index (χ2v) is 17.8. The van der Waals surface area contributed by atoms with E-state index in [9.17, 15) is 28.1 Å². The third-order valence-electron chi connectivity index (χ3n) is 10.3. The molecule has 0 bridgehead atoms. The van der Waals surface area contributed by atoms with E-state index >= 15 is 0 Å². The number of hydrogen-bond acceptors (Lipinski definition) is 10. The monoisotopic (exact) mass is 854 g/mol. The van der Waals surface area contributed by atoms with Crippen LogP contribution in [0, 0.1) is 10.1 Å². The van der Waals surface area contributed by atoms with Crippen LogP contribution in [-0.4, -0.2) is 86.0 Å². The first-order chi connectivity index (χ1) is 28.3. The normalized spacial score (nSPS) is 13.8. The number of hydrogen-bond donors (Lipinski definition) is 2. The van der Waals surface area contributed by atoms with Crippen LogP contribution in [-0.2, 0) is 21.4 Å². The molecule has 1 heterocycles. The van der Waals surface area contributed by atoms with E-state index in [0.717, 1.165) is 54.9 Å². The molecule has 15 heteroatoms. The molecule has 1 atom stereocenters. The molecule has 2 amide bonds. The van der Waals surface area contributed by atoms with Gasteiger partial charge >= 0.3 is 0 Å². The highest BCUT2D eigenvalue weighted by Gasteiger charge is 2.27. The smallest absolute Gasteiger partial charge is 0.293 e. The summed E-state index contributed by atoms with van der Waals surface area (Å²) in [5.74, 6) is -0.601. The lowest BCUT2D eigenvalue weighted by Gasteiger charge is -2.36. The SMILES string of the molecule is CC(C)N(C)C(=O)C[C@H](CSc1ccccc1)Nc1ccc(S(=O)(=O)NC(=O)c2ccc(N3CCN(Cc4ccccc4-c4ccc(Cl)cc4)CC3)cc2)cc1[N+](=O)[O-]. The van der Waals surface area contributed by atoms with Crippen LogP contribution < -0.4 is 14.9 Å². The topological polar surface area (TPSA) is 145 Å². The maximum Gasteiger partial charge on any atom is 0.293 e. The Labute approximate surface area is 354 Å². The summed E-state index contributed by atoms with van der Waals surface area (Å²) in [6.45, 7) is 7.79. The number of nitrogens with one attached hydrogen (secondary N) is 2. The molecule has 0 radical (unpaired) electrons. The molecule has 5 aromatic carbocycles. The number of anilines is 2. The van der Waals surface area contributed by atoms with E-state index in [1.165, 1.54) is 35.0 Å². The quantitative estimate of drug-likeness (QED) is 0.0566. The Morgan fingerprint density at radius 2 is 1.54 bits per heavy atom. The summed E-state index contributed by atoms with van der Waals surface area (Å²) >= 11 is 7.61. The van der Waals surface area contributed by atoms with Crippen LogP contribution in [0.2, 0.25) is 5.02 Å². The van der Waals surface area contributed by atoms with Crippen molar-refractivity contribution in [2.45, 2.75) is 48.7 Å². The lowest BCUT2D eigenvalue weighted by molar-refractivity contribution is -0.384. The molecule has 1 saturated heterocycles. The first-order valence-corrected chi connectivity index (χ1v) is 22.1. The molecule has 12 nitrogen and oxygen atoms in total. The maximum absolute atomic E-state index is 13.4. The van der Waals surface area contributed by atoms with Gasteiger partial charge in [-0.3, -0.25) is 24.6 Å². The summed E-state index contributed by atoms with van der Waals surface area (Å²) in [6, 6.07) is 35.3. The van der Waals surface area contributed by atoms with E-state index in [2.05, 4.69) is 38.0 Å². The number of nitro groups is 1. The van der Waals surface area contributed by atoms with Gasteiger partial charge in [-0.2, -0.15) is 0 Å². The van der Waals surface area contributed by atoms with Crippen LogP contribution in [0.3, 0.4) is 0 Å². The fourth-order valence-electron chi connectivity index (χ4n) is 6.72. The standard InChI is InChI=1S/C44H47ClN6O6S2/c1-31(2)48(3)43(52)27-36(30-58-38-10-5-4-6-11-38)46-41-22-21-39(28-42(41)51(54)55)59(56,57)47-44(53)33-15-19-37(20-16-33)50-25-23-49(24-26-50)29-34-9-7-8-12-40(34)32-13-17-35(45)18-14-32/h4-22,28,31,36,46H,23-27,29-30H2,1-3H3,(H,47,53)/t36-/m1/s1. The van der Waals surface area contributed by atoms with Gasteiger partial charge in [-0.15, -0.1) is 11.8 Å². The number of piperazine rings is 1. The van der Waals surface area contributed by atoms with Gasteiger partial charge < -0.3 is 15.1 Å². The minimum atomic E-state index is -4.50. The van der Waals surface area contributed by atoms with Crippen molar-refractivity contribution in [2.24, 2.45) is 0 Å². The van der Waals surface area contributed by atoms with Crippen LogP contribution in [0.5, 0.6) is 0 Å². The van der Waals surface area contributed by atoms with Crippen molar-refractivity contribution < 1.29 is 22.9 Å². The van der Waals surface area contributed by atoms with Gasteiger partial charge in [0.1, 0.15) is 5.69 Å². The molecule has 2 N–H and O–H groups in total. The number of rotatable bonds is 16. The van der Waals surface area contributed by atoms with Gasteiger partial charge in [0, 0.05) is 91.3 Å². The molecule has 0 spiro atoms. The van der Waals surface area contributed by atoms with Crippen molar-refractivity contribution in [3.63, 3.8) is 0 Å². The van der Waals surface area contributed by atoms with E-state index in [0.29, 0.717) is 10.8 Å². The molecule has 0 saturated carbocycles. The second-order valence-electron chi connectivity index (χ2n) is 14.6. The molecule has 59 heavy (non-hydrogen) atoms. The lowest BCUT2D eigenvalue weighted by Crippen LogP contribution is -2.46. The number of carbonyl (C=O) groups is 2. The number of thioether (sulfide) groups is 1. The van der Waals surface area contributed by atoms with Crippen molar-refractivity contribution >= 4 is 62.3 Å². The largest absolute Gasteiger partial charge is 0.375 e. The number of sulfonamides is 1. The zero-order valence-electron chi connectivity index (χ0n) is 33.1. The zero-order chi connectivity index (χ0) is 42.1. The fourth-order valence-corrected chi connectivity index (χ4v) is 8.78. The lowest BCUT2D eigenvalue weighted by atomic mass is 9.99. The predicted octanol–water partition coefficient (Wildman–Crippen LogP) is 8.19. The molecule has 6 rings (SSSR count). The fraction of sp³-hybridized carbons (Fsp3) is 0.273. The average Bonchev–Trinajstić information content (AvgIpc) is 3.23. The molecular weight excluding hydrogens is 808 g/mol. The molecule has 1 fully saturated rings. The van der Waals surface area contributed by atoms with Crippen molar-refractivity contribution in [1.82, 2.24) is 14.5 Å². The van der Waals surface area contributed by atoms with E-state index in [1.54, 1.807) is 36.2 Å². The highest BCUT2D eigenvalue weighted by molar-refractivity contribution is 7.99. The van der Waals surface area contributed by atoms with Crippen molar-refractivity contribution in [1.29, 1.82) is 0 Å². The minimum Gasteiger partial charge on any atom is -0.375 e. The summed E-state index contributed by atoms with van der Waals surface area (Å²) in [5, 5.41) is 16.1. The molecule has 5 aromatic rings. The Balaban J connectivity index is 1.08. The predicted molar refractivity (Wildman–Crippen MR) is 236 cm³/mol. The number of amides is 2. The first-order valence-electron chi connectivity index (χ1n) is 19.2. The molecule has 1 aliphatic heterocycles. The number of benzene rings is 5. The van der Waals surface area contributed by atoms with Crippen LogP contribution >= 0.6 is 23.4 Å². The molecule has 308 valence electrons. The van der Waals surface area contributed by atoms with Crippen LogP contribution in [0.15, 0.2) is 131 Å². The zero-order valence-corrected chi connectivity index (χ0v) is 35.5. The first kappa shape index (κ1) is 43.2. The van der Waals surface area contributed by atoms with E-state index in [1.807, 2.05) is 74.5 Å². The van der Waals surface area contributed by atoms with Crippen molar-refractivity contribution in [3.8, 4) is 11.1 Å². The molecule has 1 aliphatic rings. The van der Waals surface area contributed by atoms with Gasteiger partial charge in [-0.1, -0.05) is 66.2 Å². The summed E-state index contributed by atoms with van der Waals surface area (Å²) in [7, 11) is -2.80. The molecule has 0 aliphatic carbocycles. The van der Waals surface area contributed by atoms with Crippen molar-refractivity contribution in [3.05, 3.63) is 148 Å².